The minimum atomic E-state index is -3.97. The highest BCUT2D eigenvalue weighted by Gasteiger charge is 2.31. The van der Waals surface area contributed by atoms with Gasteiger partial charge < -0.3 is 4.74 Å². The van der Waals surface area contributed by atoms with Crippen molar-refractivity contribution in [3.63, 3.8) is 0 Å². The Morgan fingerprint density at radius 1 is 1.12 bits per heavy atom. The molecule has 2 heterocycles. The number of sulfonamides is 1. The predicted octanol–water partition coefficient (Wildman–Crippen LogP) is 2.59. The van der Waals surface area contributed by atoms with Gasteiger partial charge in [0.25, 0.3) is 0 Å². The Morgan fingerprint density at radius 3 is 2.46 bits per heavy atom. The van der Waals surface area contributed by atoms with E-state index in [1.807, 2.05) is 0 Å². The Kier molecular flexibility index (Phi) is 4.77. The Balaban J connectivity index is 1.78. The predicted molar refractivity (Wildman–Crippen MR) is 83.0 cm³/mol. The maximum Gasteiger partial charge on any atom is 0.243 e. The lowest BCUT2D eigenvalue weighted by molar-refractivity contribution is 0.129. The first-order valence-electron chi connectivity index (χ1n) is 7.48. The summed E-state index contributed by atoms with van der Waals surface area (Å²) in [7, 11) is -3.97. The van der Waals surface area contributed by atoms with Gasteiger partial charge in [0.15, 0.2) is 0 Å². The summed E-state index contributed by atoms with van der Waals surface area (Å²) in [6, 6.07) is 5.67. The summed E-state index contributed by atoms with van der Waals surface area (Å²) < 4.78 is 58.9. The Bertz CT molecular complexity index is 795. The van der Waals surface area contributed by atoms with Crippen LogP contribution in [0.3, 0.4) is 0 Å². The van der Waals surface area contributed by atoms with Gasteiger partial charge in [0.1, 0.15) is 23.5 Å². The number of hydrogen-bond donors (Lipinski definition) is 0. The third kappa shape index (κ3) is 3.70. The molecule has 1 aromatic heterocycles. The Hall–Kier alpha value is -2.06. The first-order chi connectivity index (χ1) is 11.4. The number of aromatic nitrogens is 1. The van der Waals surface area contributed by atoms with Gasteiger partial charge in [-0.1, -0.05) is 0 Å². The number of nitrogens with zero attached hydrogens (tertiary/aromatic N) is 2. The van der Waals surface area contributed by atoms with Gasteiger partial charge in [0.2, 0.25) is 10.0 Å². The molecule has 0 spiro atoms. The minimum Gasteiger partial charge on any atom is -0.489 e. The highest BCUT2D eigenvalue weighted by atomic mass is 32.2. The van der Waals surface area contributed by atoms with Gasteiger partial charge in [-0.15, -0.1) is 0 Å². The second-order valence-electron chi connectivity index (χ2n) is 5.53. The van der Waals surface area contributed by atoms with Crippen LogP contribution in [0, 0.1) is 11.6 Å². The van der Waals surface area contributed by atoms with Gasteiger partial charge in [0.05, 0.1) is 11.4 Å². The molecule has 0 amide bonds. The number of halogens is 2. The number of hydrogen-bond acceptors (Lipinski definition) is 4. The van der Waals surface area contributed by atoms with Crippen molar-refractivity contribution < 1.29 is 21.9 Å². The molecule has 0 saturated carbocycles. The molecule has 0 N–H and O–H groups in total. The molecule has 0 radical (unpaired) electrons. The van der Waals surface area contributed by atoms with Crippen LogP contribution in [-0.4, -0.2) is 36.9 Å². The zero-order valence-electron chi connectivity index (χ0n) is 12.7. The normalized spacial score (nSPS) is 19.2. The van der Waals surface area contributed by atoms with Crippen LogP contribution in [0.5, 0.6) is 5.75 Å². The van der Waals surface area contributed by atoms with Crippen molar-refractivity contribution in [2.45, 2.75) is 23.8 Å². The molecule has 24 heavy (non-hydrogen) atoms. The number of benzene rings is 1. The highest BCUT2D eigenvalue weighted by Crippen LogP contribution is 2.24. The average Bonchev–Trinajstić information content (AvgIpc) is 2.55. The van der Waals surface area contributed by atoms with Gasteiger partial charge in [-0.25, -0.2) is 17.2 Å². The van der Waals surface area contributed by atoms with Crippen molar-refractivity contribution in [2.24, 2.45) is 0 Å². The lowest BCUT2D eigenvalue weighted by Gasteiger charge is -2.32. The number of rotatable bonds is 4. The van der Waals surface area contributed by atoms with Gasteiger partial charge in [-0.2, -0.15) is 4.31 Å². The van der Waals surface area contributed by atoms with E-state index in [2.05, 4.69) is 4.98 Å². The standard InChI is InChI=1S/C16H16F2N2O3S/c17-12-8-13(18)10-16(9-12)24(21,22)20-7-1-2-15(11-20)23-14-3-5-19-6-4-14/h3-6,8-10,15H,1-2,7,11H2. The summed E-state index contributed by atoms with van der Waals surface area (Å²) in [5, 5.41) is 0. The summed E-state index contributed by atoms with van der Waals surface area (Å²) in [6.45, 7) is 0.416. The number of pyridine rings is 1. The highest BCUT2D eigenvalue weighted by molar-refractivity contribution is 7.89. The molecule has 3 rings (SSSR count). The van der Waals surface area contributed by atoms with E-state index in [-0.39, 0.29) is 24.1 Å². The van der Waals surface area contributed by atoms with Crippen molar-refractivity contribution in [3.05, 3.63) is 54.4 Å². The lowest BCUT2D eigenvalue weighted by Crippen LogP contribution is -2.44. The number of piperidine rings is 1. The zero-order valence-corrected chi connectivity index (χ0v) is 13.5. The molecule has 1 saturated heterocycles. The van der Waals surface area contributed by atoms with Crippen molar-refractivity contribution in [2.75, 3.05) is 13.1 Å². The van der Waals surface area contributed by atoms with Crippen LogP contribution in [0.1, 0.15) is 12.8 Å². The molecule has 1 aromatic carbocycles. The maximum absolute atomic E-state index is 13.3. The van der Waals surface area contributed by atoms with Crippen LogP contribution >= 0.6 is 0 Å². The summed E-state index contributed by atoms with van der Waals surface area (Å²) in [5.41, 5.74) is 0. The van der Waals surface area contributed by atoms with E-state index in [0.29, 0.717) is 24.7 Å². The molecule has 8 heteroatoms. The summed E-state index contributed by atoms with van der Waals surface area (Å²) in [4.78, 5) is 3.51. The molecule has 1 unspecified atom stereocenters. The second-order valence-corrected chi connectivity index (χ2v) is 7.47. The molecule has 1 aliphatic rings. The number of ether oxygens (including phenoxy) is 1. The average molecular weight is 354 g/mol. The third-order valence-corrected chi connectivity index (χ3v) is 5.61. The van der Waals surface area contributed by atoms with Gasteiger partial charge in [-0.05, 0) is 37.1 Å². The zero-order chi connectivity index (χ0) is 17.2. The molecule has 2 aromatic rings. The summed E-state index contributed by atoms with van der Waals surface area (Å²) >= 11 is 0. The molecule has 1 atom stereocenters. The van der Waals surface area contributed by atoms with Gasteiger partial charge in [-0.3, -0.25) is 4.98 Å². The molecule has 5 nitrogen and oxygen atoms in total. The monoisotopic (exact) mass is 354 g/mol. The topological polar surface area (TPSA) is 59.5 Å². The minimum absolute atomic E-state index is 0.128. The molecule has 128 valence electrons. The van der Waals surface area contributed by atoms with Crippen molar-refractivity contribution in [3.8, 4) is 5.75 Å². The fourth-order valence-electron chi connectivity index (χ4n) is 2.66. The smallest absolute Gasteiger partial charge is 0.243 e. The van der Waals surface area contributed by atoms with Crippen molar-refractivity contribution in [1.82, 2.24) is 9.29 Å². The van der Waals surface area contributed by atoms with E-state index in [1.165, 1.54) is 4.31 Å². The second kappa shape index (κ2) is 6.82. The van der Waals surface area contributed by atoms with Crippen molar-refractivity contribution in [1.29, 1.82) is 0 Å². The van der Waals surface area contributed by atoms with Crippen LogP contribution in [0.2, 0.25) is 0 Å². The summed E-state index contributed by atoms with van der Waals surface area (Å²) in [6.07, 6.45) is 4.15. The Labute approximate surface area is 138 Å². The van der Waals surface area contributed by atoms with Crippen LogP contribution in [0.15, 0.2) is 47.6 Å². The largest absolute Gasteiger partial charge is 0.489 e. The first kappa shape index (κ1) is 16.8. The van der Waals surface area contributed by atoms with E-state index in [4.69, 9.17) is 4.74 Å². The van der Waals surface area contributed by atoms with Gasteiger partial charge in [0, 0.05) is 25.0 Å². The maximum atomic E-state index is 13.3. The van der Waals surface area contributed by atoms with Crippen LogP contribution in [0.4, 0.5) is 8.78 Å². The van der Waals surface area contributed by atoms with Crippen LogP contribution in [0.25, 0.3) is 0 Å². The SMILES string of the molecule is O=S(=O)(c1cc(F)cc(F)c1)N1CCCC(Oc2ccncc2)C1. The fraction of sp³-hybridized carbons (Fsp3) is 0.312. The van der Waals surface area contributed by atoms with E-state index in [0.717, 1.165) is 12.1 Å². The molecular formula is C16H16F2N2O3S. The quantitative estimate of drug-likeness (QED) is 0.847. The lowest BCUT2D eigenvalue weighted by atomic mass is 10.1. The molecule has 1 aliphatic heterocycles. The fourth-order valence-corrected chi connectivity index (χ4v) is 4.21. The van der Waals surface area contributed by atoms with E-state index in [1.54, 1.807) is 24.5 Å². The van der Waals surface area contributed by atoms with E-state index >= 15 is 0 Å². The van der Waals surface area contributed by atoms with E-state index in [9.17, 15) is 17.2 Å². The third-order valence-electron chi connectivity index (χ3n) is 3.77. The van der Waals surface area contributed by atoms with Crippen LogP contribution in [-0.2, 0) is 10.0 Å². The summed E-state index contributed by atoms with van der Waals surface area (Å²) in [5.74, 6) is -1.24. The molecular weight excluding hydrogens is 338 g/mol. The Morgan fingerprint density at radius 2 is 1.79 bits per heavy atom. The molecule has 1 fully saturated rings. The van der Waals surface area contributed by atoms with E-state index < -0.39 is 21.7 Å². The van der Waals surface area contributed by atoms with Gasteiger partial charge >= 0.3 is 0 Å². The molecule has 0 bridgehead atoms. The molecule has 0 aliphatic carbocycles. The van der Waals surface area contributed by atoms with Crippen LogP contribution < -0.4 is 4.74 Å². The van der Waals surface area contributed by atoms with Crippen molar-refractivity contribution >= 4 is 10.0 Å². The first-order valence-corrected chi connectivity index (χ1v) is 8.92.